The standard InChI is InChI=1S/C14H23N5O3/c1-18(13(21)11(15)7-10-8-16-9-17-10)14(22)12-3-2-4-19(12)5-6-20/h8-9,11-12,20H,2-7,15H2,1H3,(H,16,17)/t11-,12-/m0/s1. The first-order valence-electron chi connectivity index (χ1n) is 7.44. The van der Waals surface area contributed by atoms with Crippen LogP contribution in [-0.2, 0) is 16.0 Å². The van der Waals surface area contributed by atoms with Gasteiger partial charge in [0, 0.05) is 26.2 Å². The lowest BCUT2D eigenvalue weighted by Gasteiger charge is -2.27. The topological polar surface area (TPSA) is 116 Å². The number of amides is 2. The molecule has 2 heterocycles. The normalized spacial score (nSPS) is 20.0. The van der Waals surface area contributed by atoms with E-state index in [0.717, 1.165) is 17.9 Å². The Morgan fingerprint density at radius 3 is 3.05 bits per heavy atom. The van der Waals surface area contributed by atoms with Gasteiger partial charge in [-0.3, -0.25) is 19.4 Å². The van der Waals surface area contributed by atoms with E-state index in [1.807, 2.05) is 4.90 Å². The van der Waals surface area contributed by atoms with Crippen molar-refractivity contribution in [1.82, 2.24) is 19.8 Å². The molecule has 1 saturated heterocycles. The van der Waals surface area contributed by atoms with Gasteiger partial charge in [-0.2, -0.15) is 0 Å². The molecule has 1 aromatic rings. The number of carbonyl (C=O) groups excluding carboxylic acids is 2. The molecule has 8 heteroatoms. The van der Waals surface area contributed by atoms with Crippen LogP contribution in [0.1, 0.15) is 18.5 Å². The lowest BCUT2D eigenvalue weighted by molar-refractivity contribution is -0.146. The summed E-state index contributed by atoms with van der Waals surface area (Å²) in [6.07, 6.45) is 5.06. The minimum absolute atomic E-state index is 0.000113. The molecule has 0 saturated carbocycles. The van der Waals surface area contributed by atoms with E-state index >= 15 is 0 Å². The number of likely N-dealkylation sites (N-methyl/N-ethyl adjacent to an activating group) is 1. The number of carbonyl (C=O) groups is 2. The lowest BCUT2D eigenvalue weighted by Crippen LogP contribution is -2.51. The molecule has 8 nitrogen and oxygen atoms in total. The van der Waals surface area contributed by atoms with Crippen molar-refractivity contribution in [2.75, 3.05) is 26.7 Å². The summed E-state index contributed by atoms with van der Waals surface area (Å²) in [5.41, 5.74) is 6.57. The van der Waals surface area contributed by atoms with Crippen LogP contribution in [0.2, 0.25) is 0 Å². The minimum Gasteiger partial charge on any atom is -0.395 e. The summed E-state index contributed by atoms with van der Waals surface area (Å²) >= 11 is 0. The number of nitrogens with two attached hydrogens (primary N) is 1. The van der Waals surface area contributed by atoms with Crippen LogP contribution < -0.4 is 5.73 Å². The van der Waals surface area contributed by atoms with E-state index in [9.17, 15) is 9.59 Å². The molecule has 1 aliphatic rings. The van der Waals surface area contributed by atoms with E-state index < -0.39 is 11.9 Å². The predicted molar refractivity (Wildman–Crippen MR) is 79.7 cm³/mol. The molecule has 4 N–H and O–H groups in total. The first-order valence-corrected chi connectivity index (χ1v) is 7.44. The van der Waals surface area contributed by atoms with Gasteiger partial charge in [-0.1, -0.05) is 0 Å². The second kappa shape index (κ2) is 7.48. The summed E-state index contributed by atoms with van der Waals surface area (Å²) in [6, 6.07) is -1.15. The van der Waals surface area contributed by atoms with Gasteiger partial charge in [-0.25, -0.2) is 4.98 Å². The summed E-state index contributed by atoms with van der Waals surface area (Å²) in [5, 5.41) is 9.04. The number of aliphatic hydroxyl groups excluding tert-OH is 1. The van der Waals surface area contributed by atoms with Crippen molar-refractivity contribution in [3.8, 4) is 0 Å². The molecular weight excluding hydrogens is 286 g/mol. The fraction of sp³-hybridized carbons (Fsp3) is 0.643. The maximum atomic E-state index is 12.5. The molecule has 0 aliphatic carbocycles. The molecule has 0 unspecified atom stereocenters. The van der Waals surface area contributed by atoms with Gasteiger partial charge in [-0.15, -0.1) is 0 Å². The number of rotatable bonds is 6. The molecule has 2 amide bonds. The fourth-order valence-electron chi connectivity index (χ4n) is 2.80. The first-order chi connectivity index (χ1) is 10.5. The number of aliphatic hydroxyl groups is 1. The van der Waals surface area contributed by atoms with Gasteiger partial charge in [0.25, 0.3) is 0 Å². The highest BCUT2D eigenvalue weighted by Gasteiger charge is 2.35. The third-order valence-corrected chi connectivity index (χ3v) is 4.00. The number of imide groups is 1. The van der Waals surface area contributed by atoms with Crippen LogP contribution in [0.15, 0.2) is 12.5 Å². The number of aromatic amines is 1. The quantitative estimate of drug-likeness (QED) is 0.603. The van der Waals surface area contributed by atoms with E-state index in [1.165, 1.54) is 13.4 Å². The number of nitrogens with zero attached hydrogens (tertiary/aromatic N) is 3. The Morgan fingerprint density at radius 2 is 2.41 bits per heavy atom. The average Bonchev–Trinajstić information content (AvgIpc) is 3.17. The number of H-pyrrole nitrogens is 1. The molecule has 0 spiro atoms. The third-order valence-electron chi connectivity index (χ3n) is 4.00. The molecular formula is C14H23N5O3. The second-order valence-electron chi connectivity index (χ2n) is 5.52. The zero-order valence-corrected chi connectivity index (χ0v) is 12.7. The van der Waals surface area contributed by atoms with E-state index in [1.54, 1.807) is 6.20 Å². The Kier molecular flexibility index (Phi) is 5.64. The van der Waals surface area contributed by atoms with Crippen LogP contribution in [-0.4, -0.2) is 75.5 Å². The Hall–Kier alpha value is -1.77. The van der Waals surface area contributed by atoms with Crippen LogP contribution in [0, 0.1) is 0 Å². The van der Waals surface area contributed by atoms with Crippen LogP contribution in [0.25, 0.3) is 0 Å². The first kappa shape index (κ1) is 16.6. The van der Waals surface area contributed by atoms with Crippen molar-refractivity contribution >= 4 is 11.8 Å². The van der Waals surface area contributed by atoms with E-state index in [2.05, 4.69) is 9.97 Å². The van der Waals surface area contributed by atoms with Crippen LogP contribution >= 0.6 is 0 Å². The van der Waals surface area contributed by atoms with Gasteiger partial charge in [0.1, 0.15) is 0 Å². The number of aromatic nitrogens is 2. The van der Waals surface area contributed by atoms with Gasteiger partial charge in [-0.05, 0) is 19.4 Å². The zero-order chi connectivity index (χ0) is 16.1. The summed E-state index contributed by atoms with van der Waals surface area (Å²) in [5.74, 6) is -0.669. The smallest absolute Gasteiger partial charge is 0.246 e. The number of hydrogen-bond donors (Lipinski definition) is 3. The number of β-amino-alcohol motifs (C(OH)–C–C–N with tert-alkyl or cyclic N) is 1. The largest absolute Gasteiger partial charge is 0.395 e. The van der Waals surface area contributed by atoms with Crippen molar-refractivity contribution in [3.05, 3.63) is 18.2 Å². The zero-order valence-electron chi connectivity index (χ0n) is 12.7. The summed E-state index contributed by atoms with van der Waals surface area (Å²) < 4.78 is 0. The molecule has 1 aromatic heterocycles. The average molecular weight is 309 g/mol. The van der Waals surface area contributed by atoms with Crippen LogP contribution in [0.5, 0.6) is 0 Å². The van der Waals surface area contributed by atoms with Gasteiger partial charge in [0.05, 0.1) is 30.7 Å². The van der Waals surface area contributed by atoms with Crippen molar-refractivity contribution in [2.24, 2.45) is 5.73 Å². The molecule has 1 fully saturated rings. The Morgan fingerprint density at radius 1 is 1.64 bits per heavy atom. The summed E-state index contributed by atoms with van der Waals surface area (Å²) in [4.78, 5) is 34.6. The molecule has 0 radical (unpaired) electrons. The van der Waals surface area contributed by atoms with E-state index in [0.29, 0.717) is 18.7 Å². The SMILES string of the molecule is CN(C(=O)[C@@H](N)Cc1c[nH]cn1)C(=O)[C@@H]1CCCN1CCO. The second-order valence-corrected chi connectivity index (χ2v) is 5.52. The van der Waals surface area contributed by atoms with Crippen LogP contribution in [0.4, 0.5) is 0 Å². The van der Waals surface area contributed by atoms with Gasteiger partial charge in [0.2, 0.25) is 11.8 Å². The van der Waals surface area contributed by atoms with Crippen molar-refractivity contribution in [2.45, 2.75) is 31.3 Å². The minimum atomic E-state index is -0.801. The number of hydrogen-bond acceptors (Lipinski definition) is 6. The Labute approximate surface area is 129 Å². The highest BCUT2D eigenvalue weighted by atomic mass is 16.3. The highest BCUT2D eigenvalue weighted by molar-refractivity contribution is 5.99. The van der Waals surface area contributed by atoms with E-state index in [-0.39, 0.29) is 25.0 Å². The Bertz CT molecular complexity index is 505. The summed E-state index contributed by atoms with van der Waals surface area (Å²) in [7, 11) is 1.46. The monoisotopic (exact) mass is 309 g/mol. The van der Waals surface area contributed by atoms with E-state index in [4.69, 9.17) is 10.8 Å². The molecule has 0 bridgehead atoms. The number of nitrogens with one attached hydrogen (secondary N) is 1. The van der Waals surface area contributed by atoms with Crippen molar-refractivity contribution in [1.29, 1.82) is 0 Å². The molecule has 2 rings (SSSR count). The Balaban J connectivity index is 1.95. The molecule has 0 aromatic carbocycles. The van der Waals surface area contributed by atoms with Gasteiger partial charge >= 0.3 is 0 Å². The number of likely N-dealkylation sites (tertiary alicyclic amines) is 1. The van der Waals surface area contributed by atoms with Crippen LogP contribution in [0.3, 0.4) is 0 Å². The lowest BCUT2D eigenvalue weighted by atomic mass is 10.1. The van der Waals surface area contributed by atoms with Crippen molar-refractivity contribution < 1.29 is 14.7 Å². The fourth-order valence-corrected chi connectivity index (χ4v) is 2.80. The maximum absolute atomic E-state index is 12.5. The molecule has 2 atom stereocenters. The molecule has 122 valence electrons. The highest BCUT2D eigenvalue weighted by Crippen LogP contribution is 2.18. The van der Waals surface area contributed by atoms with Crippen molar-refractivity contribution in [3.63, 3.8) is 0 Å². The van der Waals surface area contributed by atoms with Gasteiger partial charge in [0.15, 0.2) is 0 Å². The molecule has 22 heavy (non-hydrogen) atoms. The number of imidazole rings is 1. The molecule has 1 aliphatic heterocycles. The summed E-state index contributed by atoms with van der Waals surface area (Å²) in [6.45, 7) is 1.20. The third kappa shape index (κ3) is 3.70. The maximum Gasteiger partial charge on any atom is 0.246 e. The predicted octanol–water partition coefficient (Wildman–Crippen LogP) is -1.28. The van der Waals surface area contributed by atoms with Gasteiger partial charge < -0.3 is 15.8 Å².